The molecule has 0 fully saturated rings. The Kier molecular flexibility index (Phi) is 14.4. The smallest absolute Gasteiger partial charge is 0.266 e. The molecule has 2 N–H and O–H groups in total. The first kappa shape index (κ1) is 27.6. The molecule has 5 nitrogen and oxygen atoms in total. The Morgan fingerprint density at radius 3 is 2.00 bits per heavy atom. The van der Waals surface area contributed by atoms with E-state index in [1.165, 1.54) is 31.2 Å². The molecule has 0 saturated carbocycles. The summed E-state index contributed by atoms with van der Waals surface area (Å²) in [5.74, 6) is -0.338. The van der Waals surface area contributed by atoms with Gasteiger partial charge < -0.3 is 5.32 Å². The maximum atomic E-state index is 12.5. The number of hydrogen-bond acceptors (Lipinski definition) is 3. The number of benzene rings is 2. The average Bonchev–Trinajstić information content (AvgIpc) is 2.86. The van der Waals surface area contributed by atoms with Crippen LogP contribution in [0.15, 0.2) is 60.7 Å². The highest BCUT2D eigenvalue weighted by Crippen LogP contribution is 2.12. The Hall–Kier alpha value is -2.66. The zero-order chi connectivity index (χ0) is 24.3. The molecule has 0 aromatic heterocycles. The molecule has 5 heteroatoms. The molecule has 34 heavy (non-hydrogen) atoms. The van der Waals surface area contributed by atoms with E-state index in [9.17, 15) is 9.59 Å². The number of unbranched alkanes of at least 4 members (excludes halogenated alkanes) is 7. The molecule has 0 bridgehead atoms. The largest absolute Gasteiger partial charge is 0.344 e. The second-order valence-corrected chi connectivity index (χ2v) is 8.96. The lowest BCUT2D eigenvalue weighted by atomic mass is 10.0. The highest BCUT2D eigenvalue weighted by Gasteiger charge is 2.20. The Morgan fingerprint density at radius 2 is 1.35 bits per heavy atom. The van der Waals surface area contributed by atoms with Crippen LogP contribution >= 0.6 is 0 Å². The van der Waals surface area contributed by atoms with Crippen molar-refractivity contribution < 1.29 is 14.4 Å². The van der Waals surface area contributed by atoms with E-state index >= 15 is 0 Å². The summed E-state index contributed by atoms with van der Waals surface area (Å²) in [6.45, 7) is 2.37. The molecule has 2 rings (SSSR count). The minimum absolute atomic E-state index is 0.0535. The van der Waals surface area contributed by atoms with E-state index in [0.29, 0.717) is 19.4 Å². The summed E-state index contributed by atoms with van der Waals surface area (Å²) < 4.78 is 0. The number of hydroxylamine groups is 1. The number of carbonyl (C=O) groups is 2. The van der Waals surface area contributed by atoms with E-state index in [4.69, 9.17) is 4.84 Å². The molecular weight excluding hydrogens is 424 g/mol. The fourth-order valence-electron chi connectivity index (χ4n) is 3.92. The second-order valence-electron chi connectivity index (χ2n) is 8.96. The van der Waals surface area contributed by atoms with Crippen molar-refractivity contribution in [2.45, 2.75) is 96.6 Å². The van der Waals surface area contributed by atoms with Gasteiger partial charge in [0.25, 0.3) is 5.91 Å². The molecule has 0 saturated heterocycles. The summed E-state index contributed by atoms with van der Waals surface area (Å²) in [4.78, 5) is 30.3. The van der Waals surface area contributed by atoms with Gasteiger partial charge in [0.05, 0.1) is 6.61 Å². The summed E-state index contributed by atoms with van der Waals surface area (Å²) in [6, 6.07) is 19.8. The first-order chi connectivity index (χ1) is 16.7. The number of rotatable bonds is 18. The first-order valence-electron chi connectivity index (χ1n) is 13.0. The molecule has 2 amide bonds. The van der Waals surface area contributed by atoms with Crippen molar-refractivity contribution in [3.8, 4) is 0 Å². The van der Waals surface area contributed by atoms with Crippen LogP contribution in [-0.2, 0) is 27.5 Å². The molecule has 2 aromatic rings. The van der Waals surface area contributed by atoms with Crippen LogP contribution in [0, 0.1) is 0 Å². The molecular formula is C29H42N2O3. The number of hydrogen-bond donors (Lipinski definition) is 2. The van der Waals surface area contributed by atoms with Gasteiger partial charge in [-0.15, -0.1) is 0 Å². The van der Waals surface area contributed by atoms with Crippen molar-refractivity contribution >= 4 is 11.8 Å². The van der Waals surface area contributed by atoms with Gasteiger partial charge >= 0.3 is 0 Å². The van der Waals surface area contributed by atoms with E-state index in [2.05, 4.69) is 48.1 Å². The Balaban J connectivity index is 1.54. The minimum Gasteiger partial charge on any atom is -0.344 e. The predicted molar refractivity (Wildman–Crippen MR) is 138 cm³/mol. The predicted octanol–water partition coefficient (Wildman–Crippen LogP) is 6.27. The van der Waals surface area contributed by atoms with Gasteiger partial charge in [-0.25, -0.2) is 5.48 Å². The van der Waals surface area contributed by atoms with Crippen LogP contribution < -0.4 is 10.8 Å². The molecule has 0 spiro atoms. The van der Waals surface area contributed by atoms with Gasteiger partial charge in [-0.2, -0.15) is 0 Å². The molecule has 0 unspecified atom stereocenters. The van der Waals surface area contributed by atoms with Crippen molar-refractivity contribution in [2.75, 3.05) is 0 Å². The Bertz CT molecular complexity index is 796. The third-order valence-corrected chi connectivity index (χ3v) is 5.96. The molecule has 0 heterocycles. The average molecular weight is 467 g/mol. The highest BCUT2D eigenvalue weighted by atomic mass is 16.6. The zero-order valence-corrected chi connectivity index (χ0v) is 20.8. The molecule has 0 aliphatic rings. The molecule has 2 aromatic carbocycles. The number of aryl methyl sites for hydroxylation is 1. The van der Waals surface area contributed by atoms with Crippen LogP contribution in [0.1, 0.15) is 88.7 Å². The van der Waals surface area contributed by atoms with E-state index in [1.54, 1.807) is 0 Å². The standard InChI is InChI=1S/C29H42N2O3/c1-2-3-22-27(29(33)31-34-24-26-20-14-10-15-21-26)30-28(32)23-16-8-6-4-5-7-11-17-25-18-12-9-13-19-25/h9-10,12-15,18-21,27H,2-8,11,16-17,22-24H2,1H3,(H,30,32)(H,31,33)/t27-/m1/s1. The van der Waals surface area contributed by atoms with Crippen LogP contribution in [0.5, 0.6) is 0 Å². The normalized spacial score (nSPS) is 11.7. The maximum absolute atomic E-state index is 12.5. The lowest BCUT2D eigenvalue weighted by Crippen LogP contribution is -2.46. The van der Waals surface area contributed by atoms with Crippen molar-refractivity contribution in [2.24, 2.45) is 0 Å². The lowest BCUT2D eigenvalue weighted by molar-refractivity contribution is -0.139. The van der Waals surface area contributed by atoms with Crippen LogP contribution in [-0.4, -0.2) is 17.9 Å². The van der Waals surface area contributed by atoms with Crippen molar-refractivity contribution in [3.63, 3.8) is 0 Å². The fourth-order valence-corrected chi connectivity index (χ4v) is 3.92. The molecule has 0 aliphatic heterocycles. The van der Waals surface area contributed by atoms with E-state index in [1.807, 2.05) is 30.3 Å². The number of carbonyl (C=O) groups excluding carboxylic acids is 2. The zero-order valence-electron chi connectivity index (χ0n) is 20.8. The lowest BCUT2D eigenvalue weighted by Gasteiger charge is -2.18. The van der Waals surface area contributed by atoms with Gasteiger partial charge in [-0.05, 0) is 36.8 Å². The summed E-state index contributed by atoms with van der Waals surface area (Å²) in [5, 5.41) is 2.90. The third-order valence-electron chi connectivity index (χ3n) is 5.96. The van der Waals surface area contributed by atoms with Gasteiger partial charge in [-0.1, -0.05) is 113 Å². The fraction of sp³-hybridized carbons (Fsp3) is 0.517. The summed E-state index contributed by atoms with van der Waals surface area (Å²) in [7, 11) is 0. The first-order valence-corrected chi connectivity index (χ1v) is 13.0. The summed E-state index contributed by atoms with van der Waals surface area (Å²) in [6.07, 6.45) is 12.1. The molecule has 1 atom stereocenters. The third kappa shape index (κ3) is 12.5. The number of amides is 2. The van der Waals surface area contributed by atoms with Crippen LogP contribution in [0.2, 0.25) is 0 Å². The number of nitrogens with one attached hydrogen (secondary N) is 2. The Labute approximate surface area is 205 Å². The van der Waals surface area contributed by atoms with Crippen LogP contribution in [0.4, 0.5) is 0 Å². The summed E-state index contributed by atoms with van der Waals surface area (Å²) >= 11 is 0. The quantitative estimate of drug-likeness (QED) is 0.201. The maximum Gasteiger partial charge on any atom is 0.266 e. The SMILES string of the molecule is CCCC[C@@H](NC(=O)CCCCCCCCCc1ccccc1)C(=O)NOCc1ccccc1. The van der Waals surface area contributed by atoms with E-state index in [-0.39, 0.29) is 11.8 Å². The Morgan fingerprint density at radius 1 is 0.765 bits per heavy atom. The van der Waals surface area contributed by atoms with Crippen molar-refractivity contribution in [1.82, 2.24) is 10.8 Å². The van der Waals surface area contributed by atoms with E-state index in [0.717, 1.165) is 44.1 Å². The van der Waals surface area contributed by atoms with E-state index < -0.39 is 6.04 Å². The van der Waals surface area contributed by atoms with Crippen molar-refractivity contribution in [3.05, 3.63) is 71.8 Å². The topological polar surface area (TPSA) is 67.4 Å². The van der Waals surface area contributed by atoms with Gasteiger partial charge in [0.1, 0.15) is 6.04 Å². The van der Waals surface area contributed by atoms with Gasteiger partial charge in [-0.3, -0.25) is 14.4 Å². The van der Waals surface area contributed by atoms with Gasteiger partial charge in [0.2, 0.25) is 5.91 Å². The second kappa shape index (κ2) is 17.8. The van der Waals surface area contributed by atoms with Gasteiger partial charge in [0.15, 0.2) is 0 Å². The molecule has 0 radical (unpaired) electrons. The minimum atomic E-state index is -0.548. The monoisotopic (exact) mass is 466 g/mol. The van der Waals surface area contributed by atoms with Gasteiger partial charge in [0, 0.05) is 6.42 Å². The summed E-state index contributed by atoms with van der Waals surface area (Å²) in [5.41, 5.74) is 4.90. The van der Waals surface area contributed by atoms with Crippen LogP contribution in [0.3, 0.4) is 0 Å². The van der Waals surface area contributed by atoms with Crippen molar-refractivity contribution in [1.29, 1.82) is 0 Å². The highest BCUT2D eigenvalue weighted by molar-refractivity contribution is 5.86. The van der Waals surface area contributed by atoms with Crippen LogP contribution in [0.25, 0.3) is 0 Å². The molecule has 186 valence electrons. The molecule has 0 aliphatic carbocycles.